The molecule has 3 heteroatoms. The molecule has 0 bridgehead atoms. The van der Waals surface area contributed by atoms with E-state index in [1.807, 2.05) is 5.51 Å². The van der Waals surface area contributed by atoms with E-state index >= 15 is 0 Å². The molecule has 0 aliphatic carbocycles. The van der Waals surface area contributed by atoms with Crippen molar-refractivity contribution < 1.29 is 0 Å². The SMILES string of the molecule is CC(CBr)c1cscn1. The van der Waals surface area contributed by atoms with Gasteiger partial charge in [0.25, 0.3) is 0 Å². The first-order valence-corrected chi connectivity index (χ1v) is 4.85. The van der Waals surface area contributed by atoms with Gasteiger partial charge in [-0.1, -0.05) is 22.9 Å². The summed E-state index contributed by atoms with van der Waals surface area (Å²) in [5.74, 6) is 0.552. The van der Waals surface area contributed by atoms with Gasteiger partial charge in [-0.3, -0.25) is 0 Å². The predicted molar refractivity (Wildman–Crippen MR) is 44.3 cm³/mol. The maximum Gasteiger partial charge on any atom is 0.0794 e. The normalized spacial score (nSPS) is 13.6. The highest BCUT2D eigenvalue weighted by atomic mass is 79.9. The molecule has 1 nitrogen and oxygen atoms in total. The van der Waals surface area contributed by atoms with Crippen LogP contribution < -0.4 is 0 Å². The van der Waals surface area contributed by atoms with Crippen LogP contribution in [0.15, 0.2) is 10.9 Å². The van der Waals surface area contributed by atoms with Crippen LogP contribution >= 0.6 is 27.3 Å². The van der Waals surface area contributed by atoms with Crippen molar-refractivity contribution in [3.8, 4) is 0 Å². The van der Waals surface area contributed by atoms with Gasteiger partial charge in [-0.05, 0) is 0 Å². The Morgan fingerprint density at radius 2 is 2.67 bits per heavy atom. The van der Waals surface area contributed by atoms with Crippen LogP contribution in [0.3, 0.4) is 0 Å². The minimum absolute atomic E-state index is 0.552. The van der Waals surface area contributed by atoms with Gasteiger partial charge in [0.15, 0.2) is 0 Å². The third-order valence-corrected chi connectivity index (χ3v) is 2.76. The lowest BCUT2D eigenvalue weighted by Gasteiger charge is -1.99. The average molecular weight is 206 g/mol. The Morgan fingerprint density at radius 3 is 3.11 bits per heavy atom. The lowest BCUT2D eigenvalue weighted by molar-refractivity contribution is 0.852. The molecule has 1 atom stereocenters. The maximum atomic E-state index is 4.18. The number of aromatic nitrogens is 1. The molecule has 0 fully saturated rings. The monoisotopic (exact) mass is 205 g/mol. The van der Waals surface area contributed by atoms with Crippen LogP contribution in [0.1, 0.15) is 18.5 Å². The predicted octanol–water partition coefficient (Wildman–Crippen LogP) is 2.64. The smallest absolute Gasteiger partial charge is 0.0794 e. The van der Waals surface area contributed by atoms with Crippen LogP contribution in [0, 0.1) is 0 Å². The highest BCUT2D eigenvalue weighted by Crippen LogP contribution is 2.16. The molecule has 1 unspecified atom stereocenters. The Bertz CT molecular complexity index is 162. The summed E-state index contributed by atoms with van der Waals surface area (Å²) < 4.78 is 0. The van der Waals surface area contributed by atoms with Gasteiger partial charge in [-0.25, -0.2) is 4.98 Å². The highest BCUT2D eigenvalue weighted by Gasteiger charge is 2.03. The van der Waals surface area contributed by atoms with E-state index in [9.17, 15) is 0 Å². The molecule has 0 saturated heterocycles. The highest BCUT2D eigenvalue weighted by molar-refractivity contribution is 9.09. The Labute approximate surface area is 67.3 Å². The largest absolute Gasteiger partial charge is 0.249 e. The molecule has 50 valence electrons. The van der Waals surface area contributed by atoms with Crippen molar-refractivity contribution in [2.45, 2.75) is 12.8 Å². The molecule has 1 aromatic rings. The molecular formula is C6H8BrNS. The van der Waals surface area contributed by atoms with Gasteiger partial charge in [0.05, 0.1) is 11.2 Å². The first-order valence-electron chi connectivity index (χ1n) is 2.78. The first kappa shape index (κ1) is 7.22. The van der Waals surface area contributed by atoms with E-state index in [-0.39, 0.29) is 0 Å². The van der Waals surface area contributed by atoms with Gasteiger partial charge in [0.2, 0.25) is 0 Å². The van der Waals surface area contributed by atoms with E-state index < -0.39 is 0 Å². The van der Waals surface area contributed by atoms with E-state index in [4.69, 9.17) is 0 Å². The summed E-state index contributed by atoms with van der Waals surface area (Å²) in [6, 6.07) is 0. The van der Waals surface area contributed by atoms with Gasteiger partial charge >= 0.3 is 0 Å². The van der Waals surface area contributed by atoms with Crippen LogP contribution in [0.25, 0.3) is 0 Å². The van der Waals surface area contributed by atoms with E-state index in [2.05, 4.69) is 33.2 Å². The van der Waals surface area contributed by atoms with Crippen molar-refractivity contribution in [2.75, 3.05) is 5.33 Å². The zero-order valence-electron chi connectivity index (χ0n) is 5.17. The minimum Gasteiger partial charge on any atom is -0.249 e. The van der Waals surface area contributed by atoms with E-state index in [0.29, 0.717) is 5.92 Å². The maximum absolute atomic E-state index is 4.18. The number of nitrogens with zero attached hydrogens (tertiary/aromatic N) is 1. The summed E-state index contributed by atoms with van der Waals surface area (Å²) >= 11 is 5.05. The topological polar surface area (TPSA) is 12.9 Å². The van der Waals surface area contributed by atoms with Gasteiger partial charge < -0.3 is 0 Å². The molecular weight excluding hydrogens is 198 g/mol. The molecule has 0 saturated carbocycles. The zero-order valence-corrected chi connectivity index (χ0v) is 7.58. The van der Waals surface area contributed by atoms with Gasteiger partial charge in [0.1, 0.15) is 0 Å². The van der Waals surface area contributed by atoms with Crippen molar-refractivity contribution in [3.05, 3.63) is 16.6 Å². The number of hydrogen-bond acceptors (Lipinski definition) is 2. The molecule has 0 spiro atoms. The standard InChI is InChI=1S/C6H8BrNS/c1-5(2-7)6-3-9-4-8-6/h3-5H,2H2,1H3. The molecule has 0 N–H and O–H groups in total. The van der Waals surface area contributed by atoms with Gasteiger partial charge in [-0.2, -0.15) is 0 Å². The summed E-state index contributed by atoms with van der Waals surface area (Å²) in [6.45, 7) is 2.16. The third-order valence-electron chi connectivity index (χ3n) is 1.19. The fourth-order valence-corrected chi connectivity index (χ4v) is 1.55. The summed E-state index contributed by atoms with van der Waals surface area (Å²) in [7, 11) is 0. The lowest BCUT2D eigenvalue weighted by Crippen LogP contribution is -1.92. The molecule has 1 aromatic heterocycles. The van der Waals surface area contributed by atoms with Crippen LogP contribution in [0.2, 0.25) is 0 Å². The molecule has 0 aromatic carbocycles. The number of alkyl halides is 1. The first-order chi connectivity index (χ1) is 4.34. The lowest BCUT2D eigenvalue weighted by atomic mass is 10.2. The zero-order chi connectivity index (χ0) is 6.69. The van der Waals surface area contributed by atoms with Crippen LogP contribution in [-0.2, 0) is 0 Å². The molecule has 0 aliphatic heterocycles. The van der Waals surface area contributed by atoms with Crippen molar-refractivity contribution >= 4 is 27.3 Å². The van der Waals surface area contributed by atoms with Crippen LogP contribution in [-0.4, -0.2) is 10.3 Å². The molecule has 0 radical (unpaired) electrons. The van der Waals surface area contributed by atoms with E-state index in [1.165, 1.54) is 5.69 Å². The molecule has 0 amide bonds. The molecule has 0 aliphatic rings. The number of halogens is 1. The van der Waals surface area contributed by atoms with Crippen molar-refractivity contribution in [2.24, 2.45) is 0 Å². The molecule has 9 heavy (non-hydrogen) atoms. The second-order valence-corrected chi connectivity index (χ2v) is 3.33. The van der Waals surface area contributed by atoms with Gasteiger partial charge in [0, 0.05) is 16.6 Å². The summed E-state index contributed by atoms with van der Waals surface area (Å²) in [6.07, 6.45) is 0. The fraction of sp³-hybridized carbons (Fsp3) is 0.500. The second-order valence-electron chi connectivity index (χ2n) is 1.97. The molecule has 1 heterocycles. The summed E-state index contributed by atoms with van der Waals surface area (Å²) in [5.41, 5.74) is 3.06. The van der Waals surface area contributed by atoms with Crippen LogP contribution in [0.4, 0.5) is 0 Å². The van der Waals surface area contributed by atoms with E-state index in [1.54, 1.807) is 11.3 Å². The van der Waals surface area contributed by atoms with Crippen molar-refractivity contribution in [3.63, 3.8) is 0 Å². The summed E-state index contributed by atoms with van der Waals surface area (Å²) in [5, 5.41) is 3.09. The number of rotatable bonds is 2. The third kappa shape index (κ3) is 1.76. The summed E-state index contributed by atoms with van der Waals surface area (Å²) in [4.78, 5) is 4.18. The Morgan fingerprint density at radius 1 is 1.89 bits per heavy atom. The van der Waals surface area contributed by atoms with Crippen LogP contribution in [0.5, 0.6) is 0 Å². The van der Waals surface area contributed by atoms with Crippen molar-refractivity contribution in [1.82, 2.24) is 4.98 Å². The minimum atomic E-state index is 0.552. The fourth-order valence-electron chi connectivity index (χ4n) is 0.544. The average Bonchev–Trinajstić information content (AvgIpc) is 2.37. The Kier molecular flexibility index (Phi) is 2.66. The Balaban J connectivity index is 2.65. The number of hydrogen-bond donors (Lipinski definition) is 0. The van der Waals surface area contributed by atoms with E-state index in [0.717, 1.165) is 5.33 Å². The Hall–Kier alpha value is 0.110. The van der Waals surface area contributed by atoms with Crippen molar-refractivity contribution in [1.29, 1.82) is 0 Å². The quantitative estimate of drug-likeness (QED) is 0.678. The van der Waals surface area contributed by atoms with Gasteiger partial charge in [-0.15, -0.1) is 11.3 Å². The second kappa shape index (κ2) is 3.32. The number of thiazole rings is 1. The molecule has 1 rings (SSSR count).